The Kier molecular flexibility index (Phi) is 5.61. The number of benzene rings is 2. The van der Waals surface area contributed by atoms with Gasteiger partial charge in [-0.15, -0.1) is 11.3 Å². The highest BCUT2D eigenvalue weighted by Crippen LogP contribution is 2.39. The maximum atomic E-state index is 2.38. The number of fused-ring (bicyclic) bond motifs is 3. The first-order valence-electron chi connectivity index (χ1n) is 9.60. The lowest BCUT2D eigenvalue weighted by Gasteiger charge is -2.07. The average Bonchev–Trinajstić information content (AvgIpc) is 2.97. The summed E-state index contributed by atoms with van der Waals surface area (Å²) in [7, 11) is 0. The van der Waals surface area contributed by atoms with Gasteiger partial charge in [0.15, 0.2) is 0 Å². The van der Waals surface area contributed by atoms with Gasteiger partial charge in [0, 0.05) is 20.2 Å². The van der Waals surface area contributed by atoms with Crippen LogP contribution in [0.15, 0.2) is 24.3 Å². The number of rotatable bonds is 7. The van der Waals surface area contributed by atoms with Crippen molar-refractivity contribution in [1.29, 1.82) is 0 Å². The first-order chi connectivity index (χ1) is 11.7. The Morgan fingerprint density at radius 3 is 1.92 bits per heavy atom. The third kappa shape index (κ3) is 3.24. The summed E-state index contributed by atoms with van der Waals surface area (Å²) in [6.07, 6.45) is 9.16. The fourth-order valence-corrected chi connectivity index (χ4v) is 5.18. The smallest absolute Gasteiger partial charge is 0.0387 e. The van der Waals surface area contributed by atoms with Gasteiger partial charge in [0.25, 0.3) is 0 Å². The van der Waals surface area contributed by atoms with Crippen molar-refractivity contribution in [2.24, 2.45) is 0 Å². The summed E-state index contributed by atoms with van der Waals surface area (Å²) in [5.41, 5.74) is 6.04. The van der Waals surface area contributed by atoms with Crippen LogP contribution in [-0.2, 0) is 12.8 Å². The first-order valence-corrected chi connectivity index (χ1v) is 10.4. The molecule has 1 aromatic heterocycles. The molecule has 0 atom stereocenters. The molecular weight excluding hydrogens is 308 g/mol. The molecule has 0 aliphatic carbocycles. The largest absolute Gasteiger partial charge is 0.135 e. The van der Waals surface area contributed by atoms with Crippen LogP contribution in [0.2, 0.25) is 0 Å². The lowest BCUT2D eigenvalue weighted by Crippen LogP contribution is -1.90. The second-order valence-electron chi connectivity index (χ2n) is 7.07. The highest BCUT2D eigenvalue weighted by Gasteiger charge is 2.12. The minimum Gasteiger partial charge on any atom is -0.135 e. The molecule has 0 N–H and O–H groups in total. The molecule has 0 amide bonds. The van der Waals surface area contributed by atoms with Crippen molar-refractivity contribution in [3.8, 4) is 0 Å². The Morgan fingerprint density at radius 1 is 0.708 bits per heavy atom. The molecule has 0 aliphatic heterocycles. The maximum absolute atomic E-state index is 2.38. The molecule has 24 heavy (non-hydrogen) atoms. The number of unbranched alkanes of at least 4 members (excludes halogenated alkanes) is 4. The Hall–Kier alpha value is -1.34. The topological polar surface area (TPSA) is 0 Å². The maximum Gasteiger partial charge on any atom is 0.0387 e. The van der Waals surface area contributed by atoms with Gasteiger partial charge in [-0.1, -0.05) is 63.8 Å². The molecule has 1 heterocycles. The zero-order valence-electron chi connectivity index (χ0n) is 15.7. The number of thiophene rings is 1. The van der Waals surface area contributed by atoms with E-state index < -0.39 is 0 Å². The zero-order chi connectivity index (χ0) is 17.1. The molecule has 0 saturated heterocycles. The molecular formula is C23H30S. The highest BCUT2D eigenvalue weighted by molar-refractivity contribution is 7.26. The van der Waals surface area contributed by atoms with E-state index in [4.69, 9.17) is 0 Å². The molecule has 0 saturated carbocycles. The SMILES string of the molecule is CCCCCCCc1ccc2c(sc3c(C)c(CC)ccc32)c1C. The van der Waals surface area contributed by atoms with E-state index in [9.17, 15) is 0 Å². The highest BCUT2D eigenvalue weighted by atomic mass is 32.1. The summed E-state index contributed by atoms with van der Waals surface area (Å²) in [6.45, 7) is 9.16. The van der Waals surface area contributed by atoms with Gasteiger partial charge >= 0.3 is 0 Å². The van der Waals surface area contributed by atoms with Gasteiger partial charge in [0.2, 0.25) is 0 Å². The van der Waals surface area contributed by atoms with Crippen molar-refractivity contribution < 1.29 is 0 Å². The van der Waals surface area contributed by atoms with E-state index >= 15 is 0 Å². The molecule has 0 unspecified atom stereocenters. The summed E-state index contributed by atoms with van der Waals surface area (Å²) in [5.74, 6) is 0. The third-order valence-electron chi connectivity index (χ3n) is 5.46. The predicted molar refractivity (Wildman–Crippen MR) is 111 cm³/mol. The van der Waals surface area contributed by atoms with Crippen molar-refractivity contribution in [2.45, 2.75) is 72.6 Å². The van der Waals surface area contributed by atoms with Crippen LogP contribution in [0.3, 0.4) is 0 Å². The predicted octanol–water partition coefficient (Wildman–Crippen LogP) is 7.75. The third-order valence-corrected chi connectivity index (χ3v) is 6.92. The van der Waals surface area contributed by atoms with Crippen LogP contribution >= 0.6 is 11.3 Å². The molecule has 0 spiro atoms. The van der Waals surface area contributed by atoms with Gasteiger partial charge in [-0.3, -0.25) is 0 Å². The second kappa shape index (κ2) is 7.70. The van der Waals surface area contributed by atoms with E-state index in [1.54, 1.807) is 5.56 Å². The van der Waals surface area contributed by atoms with Crippen LogP contribution in [0.5, 0.6) is 0 Å². The minimum absolute atomic E-state index is 1.12. The quantitative estimate of drug-likeness (QED) is 0.386. The lowest BCUT2D eigenvalue weighted by molar-refractivity contribution is 0.632. The van der Waals surface area contributed by atoms with Crippen molar-refractivity contribution in [3.63, 3.8) is 0 Å². The molecule has 128 valence electrons. The molecule has 0 fully saturated rings. The van der Waals surface area contributed by atoms with Crippen molar-refractivity contribution in [2.75, 3.05) is 0 Å². The Morgan fingerprint density at radius 2 is 1.29 bits per heavy atom. The van der Waals surface area contributed by atoms with E-state index in [0.29, 0.717) is 0 Å². The van der Waals surface area contributed by atoms with Gasteiger partial charge < -0.3 is 0 Å². The van der Waals surface area contributed by atoms with Crippen LogP contribution in [-0.4, -0.2) is 0 Å². The van der Waals surface area contributed by atoms with E-state index in [1.807, 2.05) is 11.3 Å². The molecule has 3 rings (SSSR count). The molecule has 0 nitrogen and oxygen atoms in total. The number of hydrogen-bond acceptors (Lipinski definition) is 1. The minimum atomic E-state index is 1.12. The molecule has 3 aromatic rings. The van der Waals surface area contributed by atoms with Crippen molar-refractivity contribution in [3.05, 3.63) is 46.5 Å². The van der Waals surface area contributed by atoms with E-state index in [2.05, 4.69) is 52.0 Å². The Bertz CT molecular complexity index is 838. The Labute approximate surface area is 150 Å². The van der Waals surface area contributed by atoms with Crippen molar-refractivity contribution in [1.82, 2.24) is 0 Å². The van der Waals surface area contributed by atoms with E-state index in [-0.39, 0.29) is 0 Å². The van der Waals surface area contributed by atoms with Crippen LogP contribution < -0.4 is 0 Å². The molecule has 0 bridgehead atoms. The summed E-state index contributed by atoms with van der Waals surface area (Å²) in [5, 5.41) is 2.90. The molecule has 0 radical (unpaired) electrons. The van der Waals surface area contributed by atoms with E-state index in [0.717, 1.165) is 6.42 Å². The molecule has 2 aromatic carbocycles. The van der Waals surface area contributed by atoms with Gasteiger partial charge in [-0.2, -0.15) is 0 Å². The lowest BCUT2D eigenvalue weighted by atomic mass is 9.98. The molecule has 0 aliphatic rings. The van der Waals surface area contributed by atoms with Gasteiger partial charge in [-0.05, 0) is 55.4 Å². The summed E-state index contributed by atoms with van der Waals surface area (Å²) in [4.78, 5) is 0. The zero-order valence-corrected chi connectivity index (χ0v) is 16.5. The van der Waals surface area contributed by atoms with Crippen LogP contribution in [0.4, 0.5) is 0 Å². The van der Waals surface area contributed by atoms with Gasteiger partial charge in [-0.25, -0.2) is 0 Å². The summed E-state index contributed by atoms with van der Waals surface area (Å²) in [6, 6.07) is 9.41. The summed E-state index contributed by atoms with van der Waals surface area (Å²) >= 11 is 2.01. The standard InChI is InChI=1S/C23H30S/c1-5-7-8-9-10-11-19-13-15-21-20-14-12-18(6-2)16(3)22(20)24-23(21)17(19)4/h12-15H,5-11H2,1-4H3. The van der Waals surface area contributed by atoms with Gasteiger partial charge in [0.05, 0.1) is 0 Å². The average molecular weight is 339 g/mol. The van der Waals surface area contributed by atoms with Crippen LogP contribution in [0, 0.1) is 13.8 Å². The fraction of sp³-hybridized carbons (Fsp3) is 0.478. The second-order valence-corrected chi connectivity index (χ2v) is 8.09. The molecule has 1 heteroatoms. The summed E-state index contributed by atoms with van der Waals surface area (Å²) < 4.78 is 3.00. The Balaban J connectivity index is 1.93. The van der Waals surface area contributed by atoms with Crippen LogP contribution in [0.1, 0.15) is 68.2 Å². The first kappa shape index (κ1) is 17.5. The van der Waals surface area contributed by atoms with Crippen molar-refractivity contribution >= 4 is 31.5 Å². The fourth-order valence-electron chi connectivity index (χ4n) is 3.83. The van der Waals surface area contributed by atoms with E-state index in [1.165, 1.54) is 75.4 Å². The van der Waals surface area contributed by atoms with Crippen LogP contribution in [0.25, 0.3) is 20.2 Å². The monoisotopic (exact) mass is 338 g/mol. The number of hydrogen-bond donors (Lipinski definition) is 0. The number of aryl methyl sites for hydroxylation is 4. The van der Waals surface area contributed by atoms with Gasteiger partial charge in [0.1, 0.15) is 0 Å². The normalized spacial score (nSPS) is 11.7.